The minimum atomic E-state index is -0.331. The molecule has 0 saturated heterocycles. The smallest absolute Gasteiger partial charge is 0.264 e. The zero-order valence-corrected chi connectivity index (χ0v) is 18.7. The van der Waals surface area contributed by atoms with Crippen LogP contribution in [0.4, 0.5) is 10.2 Å². The first kappa shape index (κ1) is 22.3. The zero-order chi connectivity index (χ0) is 23.4. The number of nitrogens with zero attached hydrogens (tertiary/aromatic N) is 4. The van der Waals surface area contributed by atoms with Gasteiger partial charge in [0.15, 0.2) is 0 Å². The summed E-state index contributed by atoms with van der Waals surface area (Å²) in [4.78, 5) is 16.9. The van der Waals surface area contributed by atoms with Gasteiger partial charge in [0.2, 0.25) is 11.7 Å². The number of carbonyl (C=O) groups is 1. The van der Waals surface area contributed by atoms with Crippen LogP contribution in [0.3, 0.4) is 0 Å². The number of hydrogen-bond donors (Lipinski definition) is 2. The van der Waals surface area contributed by atoms with Gasteiger partial charge in [-0.05, 0) is 48.2 Å². The monoisotopic (exact) mass is 468 g/mol. The molecule has 2 heterocycles. The van der Waals surface area contributed by atoms with Crippen molar-refractivity contribution in [3.8, 4) is 28.6 Å². The zero-order valence-electron chi connectivity index (χ0n) is 17.9. The Kier molecular flexibility index (Phi) is 6.59. The van der Waals surface area contributed by atoms with E-state index in [-0.39, 0.29) is 36.5 Å². The van der Waals surface area contributed by atoms with E-state index in [1.807, 2.05) is 18.4 Å². The highest BCUT2D eigenvalue weighted by Crippen LogP contribution is 2.35. The summed E-state index contributed by atoms with van der Waals surface area (Å²) in [6.45, 7) is 0.164. The lowest BCUT2D eigenvalue weighted by Gasteiger charge is -2.07. The predicted octanol–water partition coefficient (Wildman–Crippen LogP) is 3.37. The van der Waals surface area contributed by atoms with E-state index in [9.17, 15) is 9.18 Å². The summed E-state index contributed by atoms with van der Waals surface area (Å²) in [5, 5.41) is 11.8. The van der Waals surface area contributed by atoms with Gasteiger partial charge in [-0.25, -0.2) is 9.07 Å². The number of hydrogen-bond acceptors (Lipinski definition) is 8. The molecule has 170 valence electrons. The lowest BCUT2D eigenvalue weighted by molar-refractivity contribution is -0.122. The fourth-order valence-corrected chi connectivity index (χ4v) is 3.67. The maximum atomic E-state index is 13.0. The average molecular weight is 469 g/mol. The number of halogens is 1. The molecule has 0 atom stereocenters. The molecule has 3 N–H and O–H groups in total. The highest BCUT2D eigenvalue weighted by Gasteiger charge is 2.23. The third-order valence-electron chi connectivity index (χ3n) is 4.84. The first-order valence-electron chi connectivity index (χ1n) is 9.88. The summed E-state index contributed by atoms with van der Waals surface area (Å²) < 4.78 is 25.0. The Hall–Kier alpha value is -3.86. The van der Waals surface area contributed by atoms with Crippen LogP contribution >= 0.6 is 11.8 Å². The van der Waals surface area contributed by atoms with Gasteiger partial charge in [-0.2, -0.15) is 10.1 Å². The molecular formula is C22H21FN6O3S. The summed E-state index contributed by atoms with van der Waals surface area (Å²) in [5.41, 5.74) is 8.29. The van der Waals surface area contributed by atoms with E-state index < -0.39 is 0 Å². The number of aromatic nitrogens is 4. The molecule has 0 radical (unpaired) electrons. The van der Waals surface area contributed by atoms with Crippen LogP contribution in [0.25, 0.3) is 22.8 Å². The summed E-state index contributed by atoms with van der Waals surface area (Å²) in [7, 11) is 1.59. The van der Waals surface area contributed by atoms with Gasteiger partial charge in [0.05, 0.1) is 7.11 Å². The Labute approximate surface area is 193 Å². The van der Waals surface area contributed by atoms with Crippen LogP contribution in [-0.2, 0) is 17.9 Å². The normalized spacial score (nSPS) is 10.9. The van der Waals surface area contributed by atoms with Gasteiger partial charge < -0.3 is 20.3 Å². The van der Waals surface area contributed by atoms with Crippen molar-refractivity contribution in [3.63, 3.8) is 0 Å². The van der Waals surface area contributed by atoms with Gasteiger partial charge in [-0.15, -0.1) is 11.8 Å². The van der Waals surface area contributed by atoms with E-state index in [0.717, 1.165) is 16.9 Å². The first-order valence-corrected chi connectivity index (χ1v) is 11.1. The van der Waals surface area contributed by atoms with E-state index in [4.69, 9.17) is 15.0 Å². The van der Waals surface area contributed by atoms with E-state index in [2.05, 4.69) is 20.6 Å². The number of carbonyl (C=O) groups excluding carboxylic acids is 1. The second-order valence-electron chi connectivity index (χ2n) is 6.98. The van der Waals surface area contributed by atoms with Crippen LogP contribution in [-0.4, -0.2) is 39.2 Å². The fourth-order valence-electron chi connectivity index (χ4n) is 3.09. The molecule has 0 aliphatic heterocycles. The molecule has 4 aromatic rings. The van der Waals surface area contributed by atoms with Crippen molar-refractivity contribution in [2.45, 2.75) is 18.1 Å². The minimum Gasteiger partial charge on any atom is -0.497 e. The van der Waals surface area contributed by atoms with Gasteiger partial charge >= 0.3 is 0 Å². The molecular weight excluding hydrogens is 447 g/mol. The lowest BCUT2D eigenvalue weighted by Crippen LogP contribution is -2.28. The molecule has 9 nitrogen and oxygen atoms in total. The number of ether oxygens (including phenoxy) is 1. The predicted molar refractivity (Wildman–Crippen MR) is 122 cm³/mol. The molecule has 2 aromatic heterocycles. The summed E-state index contributed by atoms with van der Waals surface area (Å²) in [6.07, 6.45) is 1.84. The Morgan fingerprint density at radius 1 is 1.21 bits per heavy atom. The number of nitrogens with two attached hydrogens (primary N) is 1. The highest BCUT2D eigenvalue weighted by atomic mass is 32.2. The molecule has 33 heavy (non-hydrogen) atoms. The number of anilines is 1. The van der Waals surface area contributed by atoms with Gasteiger partial charge in [0.25, 0.3) is 5.89 Å². The quantitative estimate of drug-likeness (QED) is 0.378. The molecule has 0 fully saturated rings. The van der Waals surface area contributed by atoms with E-state index in [0.29, 0.717) is 16.4 Å². The molecule has 0 aliphatic carbocycles. The molecule has 11 heteroatoms. The second kappa shape index (κ2) is 9.74. The maximum absolute atomic E-state index is 13.0. The third kappa shape index (κ3) is 4.98. The molecule has 0 spiro atoms. The van der Waals surface area contributed by atoms with Crippen LogP contribution in [0.1, 0.15) is 5.56 Å². The van der Waals surface area contributed by atoms with E-state index in [1.54, 1.807) is 31.4 Å². The van der Waals surface area contributed by atoms with Crippen molar-refractivity contribution in [2.75, 3.05) is 19.1 Å². The second-order valence-corrected chi connectivity index (χ2v) is 7.78. The van der Waals surface area contributed by atoms with Gasteiger partial charge in [-0.3, -0.25) is 4.79 Å². The van der Waals surface area contributed by atoms with Crippen molar-refractivity contribution >= 4 is 23.5 Å². The van der Waals surface area contributed by atoms with E-state index >= 15 is 0 Å². The summed E-state index contributed by atoms with van der Waals surface area (Å²) >= 11 is 1.35. The molecule has 0 aliphatic rings. The van der Waals surface area contributed by atoms with Crippen LogP contribution in [0.5, 0.6) is 5.75 Å². The number of rotatable bonds is 8. The fraction of sp³-hybridized carbons (Fsp3) is 0.182. The largest absolute Gasteiger partial charge is 0.497 e. The minimum absolute atomic E-state index is 0.0972. The van der Waals surface area contributed by atoms with E-state index in [1.165, 1.54) is 28.6 Å². The third-order valence-corrected chi connectivity index (χ3v) is 5.51. The number of benzene rings is 2. The summed E-state index contributed by atoms with van der Waals surface area (Å²) in [5.74, 6) is 0.931. The van der Waals surface area contributed by atoms with Gasteiger partial charge in [0.1, 0.15) is 34.5 Å². The topological polar surface area (TPSA) is 121 Å². The molecule has 0 saturated carbocycles. The van der Waals surface area contributed by atoms with Crippen molar-refractivity contribution in [1.82, 2.24) is 25.2 Å². The van der Waals surface area contributed by atoms with Crippen molar-refractivity contribution in [3.05, 3.63) is 59.9 Å². The number of amides is 1. The number of thioether (sulfide) groups is 1. The number of nitrogens with one attached hydrogen (secondary N) is 1. The Morgan fingerprint density at radius 3 is 2.61 bits per heavy atom. The number of methoxy groups -OCH3 is 1. The van der Waals surface area contributed by atoms with Crippen molar-refractivity contribution in [2.24, 2.45) is 0 Å². The average Bonchev–Trinajstić information content (AvgIpc) is 3.43. The Morgan fingerprint density at radius 2 is 1.94 bits per heavy atom. The first-order chi connectivity index (χ1) is 16.0. The van der Waals surface area contributed by atoms with Gasteiger partial charge in [0, 0.05) is 12.1 Å². The molecule has 1 amide bonds. The standard InChI is InChI=1S/C22H21FN6O3S/c1-31-16-9-5-14(6-10-16)20-26-21(32-28-20)18-19(24)29(27-22(18)33-2)12-17(30)25-11-13-3-7-15(23)8-4-13/h3-10H,11-12,24H2,1-2H3,(H,25,30). The Balaban J connectivity index is 1.50. The lowest BCUT2D eigenvalue weighted by atomic mass is 10.2. The van der Waals surface area contributed by atoms with Gasteiger partial charge in [-0.1, -0.05) is 17.3 Å². The van der Waals surface area contributed by atoms with Crippen LogP contribution < -0.4 is 15.8 Å². The van der Waals surface area contributed by atoms with Crippen LogP contribution in [0.15, 0.2) is 58.1 Å². The van der Waals surface area contributed by atoms with Crippen molar-refractivity contribution in [1.29, 1.82) is 0 Å². The Bertz CT molecular complexity index is 1250. The molecule has 0 unspecified atom stereocenters. The molecule has 4 rings (SSSR count). The SMILES string of the molecule is COc1ccc(-c2noc(-c3c(SC)nn(CC(=O)NCc4ccc(F)cc4)c3N)n2)cc1. The number of nitrogen functional groups attached to an aromatic ring is 1. The molecule has 2 aromatic carbocycles. The van der Waals surface area contributed by atoms with Crippen molar-refractivity contribution < 1.29 is 18.4 Å². The highest BCUT2D eigenvalue weighted by molar-refractivity contribution is 7.98. The van der Waals surface area contributed by atoms with Crippen LogP contribution in [0.2, 0.25) is 0 Å². The van der Waals surface area contributed by atoms with Crippen LogP contribution in [0, 0.1) is 5.82 Å². The maximum Gasteiger partial charge on any atom is 0.264 e. The molecule has 0 bridgehead atoms. The summed E-state index contributed by atoms with van der Waals surface area (Å²) in [6, 6.07) is 13.1.